The molecule has 0 saturated heterocycles. The summed E-state index contributed by atoms with van der Waals surface area (Å²) in [5.74, 6) is 0.600. The molecule has 0 fully saturated rings. The van der Waals surface area contributed by atoms with Gasteiger partial charge >= 0.3 is 10.4 Å². The van der Waals surface area contributed by atoms with Crippen LogP contribution in [0, 0.1) is 0 Å². The van der Waals surface area contributed by atoms with Crippen LogP contribution in [0.15, 0.2) is 48.5 Å². The highest BCUT2D eigenvalue weighted by molar-refractivity contribution is 7.82. The minimum absolute atomic E-state index is 0.300. The molecule has 0 heterocycles. The summed E-state index contributed by atoms with van der Waals surface area (Å²) in [6, 6.07) is 14.0. The van der Waals surface area contributed by atoms with Crippen LogP contribution in [0.1, 0.15) is 25.0 Å². The van der Waals surface area contributed by atoms with Crippen LogP contribution >= 0.6 is 0 Å². The summed E-state index contributed by atoms with van der Waals surface area (Å²) in [7, 11) is -4.15. The van der Waals surface area contributed by atoms with Crippen molar-refractivity contribution in [1.82, 2.24) is 0 Å². The molecule has 0 saturated carbocycles. The molecule has 0 aliphatic heterocycles. The van der Waals surface area contributed by atoms with Gasteiger partial charge in [-0.1, -0.05) is 50.2 Å². The summed E-state index contributed by atoms with van der Waals surface area (Å²) in [6.45, 7) is 3.87. The third-order valence-corrected chi connectivity index (χ3v) is 3.86. The van der Waals surface area contributed by atoms with Gasteiger partial charge in [0.05, 0.1) is 0 Å². The lowest BCUT2D eigenvalue weighted by molar-refractivity contribution is 0.389. The van der Waals surface area contributed by atoms with Gasteiger partial charge in [0.15, 0.2) is 0 Å². The molecule has 0 unspecified atom stereocenters. The molecule has 4 nitrogen and oxygen atoms in total. The Bertz CT molecular complexity index is 652. The third-order valence-electron chi connectivity index (χ3n) is 3.09. The third kappa shape index (κ3) is 3.98. The average molecular weight is 306 g/mol. The molecule has 0 atom stereocenters. The van der Waals surface area contributed by atoms with Gasteiger partial charge in [-0.2, -0.15) is 0 Å². The van der Waals surface area contributed by atoms with Crippen LogP contribution in [0.5, 0.6) is 11.5 Å². The Morgan fingerprint density at radius 2 is 1.14 bits per heavy atom. The minimum Gasteiger partial charge on any atom is -0.353 e. The molecular weight excluding hydrogens is 288 g/mol. The molecule has 0 bridgehead atoms. The van der Waals surface area contributed by atoms with E-state index in [1.807, 2.05) is 38.1 Å². The number of aryl methyl sites for hydroxylation is 2. The van der Waals surface area contributed by atoms with Gasteiger partial charge in [-0.3, -0.25) is 0 Å². The van der Waals surface area contributed by atoms with Gasteiger partial charge in [-0.25, -0.2) is 0 Å². The van der Waals surface area contributed by atoms with E-state index in [1.165, 1.54) is 0 Å². The van der Waals surface area contributed by atoms with Crippen LogP contribution in [0.3, 0.4) is 0 Å². The summed E-state index contributed by atoms with van der Waals surface area (Å²) in [5.41, 5.74) is 1.63. The maximum absolute atomic E-state index is 12.1. The first-order valence-electron chi connectivity index (χ1n) is 6.85. The summed E-state index contributed by atoms with van der Waals surface area (Å²) in [6.07, 6.45) is 1.36. The molecule has 0 aliphatic rings. The summed E-state index contributed by atoms with van der Waals surface area (Å²) in [5, 5.41) is 0. The number of para-hydroxylation sites is 2. The van der Waals surface area contributed by atoms with E-state index < -0.39 is 10.4 Å². The Hall–Kier alpha value is -2.01. The molecule has 0 spiro atoms. The first-order valence-corrected chi connectivity index (χ1v) is 8.18. The van der Waals surface area contributed by atoms with Crippen molar-refractivity contribution in [2.24, 2.45) is 0 Å². The summed E-state index contributed by atoms with van der Waals surface area (Å²) < 4.78 is 34.3. The molecule has 2 rings (SSSR count). The summed E-state index contributed by atoms with van der Waals surface area (Å²) >= 11 is 0. The smallest absolute Gasteiger partial charge is 0.353 e. The molecule has 5 heteroatoms. The molecule has 2 aromatic rings. The second-order valence-corrected chi connectivity index (χ2v) is 5.65. The van der Waals surface area contributed by atoms with Gasteiger partial charge in [0.2, 0.25) is 0 Å². The fraction of sp³-hybridized carbons (Fsp3) is 0.250. The van der Waals surface area contributed by atoms with Gasteiger partial charge in [-0.05, 0) is 36.1 Å². The number of benzene rings is 2. The summed E-state index contributed by atoms with van der Waals surface area (Å²) in [4.78, 5) is 0. The van der Waals surface area contributed by atoms with E-state index in [-0.39, 0.29) is 0 Å². The van der Waals surface area contributed by atoms with Crippen molar-refractivity contribution in [3.8, 4) is 11.5 Å². The van der Waals surface area contributed by atoms with E-state index in [4.69, 9.17) is 8.37 Å². The average Bonchev–Trinajstić information content (AvgIpc) is 2.47. The molecule has 0 N–H and O–H groups in total. The first kappa shape index (κ1) is 15.4. The minimum atomic E-state index is -4.15. The number of rotatable bonds is 6. The van der Waals surface area contributed by atoms with E-state index >= 15 is 0 Å². The zero-order chi connectivity index (χ0) is 15.3. The van der Waals surface area contributed by atoms with E-state index in [1.54, 1.807) is 24.3 Å². The van der Waals surface area contributed by atoms with Crippen molar-refractivity contribution in [3.05, 3.63) is 59.7 Å². The van der Waals surface area contributed by atoms with Crippen LogP contribution in [0.2, 0.25) is 0 Å². The SMILES string of the molecule is CCc1ccccc1OS(=O)(=O)Oc1ccccc1CC. The molecule has 0 aromatic heterocycles. The van der Waals surface area contributed by atoms with Crippen LogP contribution < -0.4 is 8.37 Å². The Morgan fingerprint density at radius 1 is 0.762 bits per heavy atom. The predicted molar refractivity (Wildman–Crippen MR) is 81.8 cm³/mol. The normalized spacial score (nSPS) is 11.1. The molecule has 0 aliphatic carbocycles. The quantitative estimate of drug-likeness (QED) is 0.819. The van der Waals surface area contributed by atoms with Gasteiger partial charge in [-0.15, -0.1) is 8.42 Å². The predicted octanol–water partition coefficient (Wildman–Crippen LogP) is 3.51. The fourth-order valence-electron chi connectivity index (χ4n) is 1.99. The molecule has 21 heavy (non-hydrogen) atoms. The maximum atomic E-state index is 12.1. The van der Waals surface area contributed by atoms with Crippen LogP contribution in [0.4, 0.5) is 0 Å². The molecular formula is C16H18O4S. The monoisotopic (exact) mass is 306 g/mol. The lowest BCUT2D eigenvalue weighted by Crippen LogP contribution is -2.17. The van der Waals surface area contributed by atoms with E-state index in [9.17, 15) is 8.42 Å². The van der Waals surface area contributed by atoms with E-state index in [0.717, 1.165) is 11.1 Å². The van der Waals surface area contributed by atoms with Crippen molar-refractivity contribution in [3.63, 3.8) is 0 Å². The van der Waals surface area contributed by atoms with Crippen LogP contribution in [-0.4, -0.2) is 8.42 Å². The fourth-order valence-corrected chi connectivity index (χ4v) is 2.79. The van der Waals surface area contributed by atoms with Gasteiger partial charge in [0.1, 0.15) is 11.5 Å². The van der Waals surface area contributed by atoms with Gasteiger partial charge in [0.25, 0.3) is 0 Å². The number of hydrogen-bond acceptors (Lipinski definition) is 4. The van der Waals surface area contributed by atoms with Crippen molar-refractivity contribution in [2.45, 2.75) is 26.7 Å². The lowest BCUT2D eigenvalue weighted by atomic mass is 10.1. The van der Waals surface area contributed by atoms with E-state index in [2.05, 4.69) is 0 Å². The van der Waals surface area contributed by atoms with Crippen molar-refractivity contribution < 1.29 is 16.8 Å². The largest absolute Gasteiger partial charge is 0.501 e. The van der Waals surface area contributed by atoms with Gasteiger partial charge in [0, 0.05) is 0 Å². The maximum Gasteiger partial charge on any atom is 0.501 e. The Kier molecular flexibility index (Phi) is 4.85. The van der Waals surface area contributed by atoms with Crippen LogP contribution in [-0.2, 0) is 23.2 Å². The van der Waals surface area contributed by atoms with Crippen molar-refractivity contribution in [1.29, 1.82) is 0 Å². The topological polar surface area (TPSA) is 52.6 Å². The highest BCUT2D eigenvalue weighted by Gasteiger charge is 2.18. The zero-order valence-electron chi connectivity index (χ0n) is 12.1. The molecule has 0 radical (unpaired) electrons. The molecule has 2 aromatic carbocycles. The molecule has 112 valence electrons. The second-order valence-electron chi connectivity index (χ2n) is 4.50. The van der Waals surface area contributed by atoms with Crippen molar-refractivity contribution in [2.75, 3.05) is 0 Å². The Labute approximate surface area is 125 Å². The Morgan fingerprint density at radius 3 is 1.52 bits per heavy atom. The standard InChI is InChI=1S/C16H18O4S/c1-3-13-9-5-7-11-15(13)19-21(17,18)20-16-12-8-6-10-14(16)4-2/h5-12H,3-4H2,1-2H3. The number of hydrogen-bond donors (Lipinski definition) is 0. The highest BCUT2D eigenvalue weighted by Crippen LogP contribution is 2.24. The van der Waals surface area contributed by atoms with Crippen LogP contribution in [0.25, 0.3) is 0 Å². The lowest BCUT2D eigenvalue weighted by Gasteiger charge is -2.12. The zero-order valence-corrected chi connectivity index (χ0v) is 12.9. The molecule has 0 amide bonds. The Balaban J connectivity index is 2.23. The van der Waals surface area contributed by atoms with E-state index in [0.29, 0.717) is 24.3 Å². The van der Waals surface area contributed by atoms with Crippen molar-refractivity contribution >= 4 is 10.4 Å². The highest BCUT2D eigenvalue weighted by atomic mass is 32.3. The second kappa shape index (κ2) is 6.63. The first-order chi connectivity index (χ1) is 10.1. The van der Waals surface area contributed by atoms with Gasteiger partial charge < -0.3 is 8.37 Å².